The molecule has 0 saturated heterocycles. The number of benzene rings is 2. The molecule has 0 radical (unpaired) electrons. The van der Waals surface area contributed by atoms with E-state index in [4.69, 9.17) is 0 Å². The first kappa shape index (κ1) is 16.1. The van der Waals surface area contributed by atoms with E-state index in [-0.39, 0.29) is 17.2 Å². The van der Waals surface area contributed by atoms with Gasteiger partial charge in [-0.1, -0.05) is 39.8 Å². The summed E-state index contributed by atoms with van der Waals surface area (Å²) < 4.78 is 2.52. The minimum absolute atomic E-state index is 0.0188. The molecule has 0 aliphatic carbocycles. The Hall–Kier alpha value is -1.77. The van der Waals surface area contributed by atoms with Crippen molar-refractivity contribution in [3.63, 3.8) is 0 Å². The Bertz CT molecular complexity index is 893. The van der Waals surface area contributed by atoms with E-state index in [0.717, 1.165) is 13.5 Å². The lowest BCUT2D eigenvalue weighted by molar-refractivity contribution is -0.384. The van der Waals surface area contributed by atoms with Gasteiger partial charge in [0, 0.05) is 22.2 Å². The monoisotopic (exact) mass is 408 g/mol. The first-order valence-electron chi connectivity index (χ1n) is 6.49. The molecule has 1 heterocycles. The van der Waals surface area contributed by atoms with E-state index < -0.39 is 4.92 Å². The lowest BCUT2D eigenvalue weighted by Crippen LogP contribution is -2.01. The maximum absolute atomic E-state index is 12.1. The van der Waals surface area contributed by atoms with Gasteiger partial charge in [-0.3, -0.25) is 14.9 Å². The quantitative estimate of drug-likeness (QED) is 0.258. The van der Waals surface area contributed by atoms with Gasteiger partial charge in [0.25, 0.3) is 5.69 Å². The zero-order valence-corrected chi connectivity index (χ0v) is 14.8. The van der Waals surface area contributed by atoms with E-state index in [9.17, 15) is 14.9 Å². The molecule has 23 heavy (non-hydrogen) atoms. The first-order chi connectivity index (χ1) is 11.0. The number of nitrogens with zero attached hydrogens (tertiary/aromatic N) is 2. The number of thioether (sulfide) groups is 1. The standard InChI is InChI=1S/C15H9BrN2O3S2/c16-10-3-1-9(2-4-10)13(19)8-22-15-17-12-7-11(18(20)21)5-6-14(12)23-15/h1-7H,8H2. The predicted molar refractivity (Wildman–Crippen MR) is 95.5 cm³/mol. The predicted octanol–water partition coefficient (Wildman–Crippen LogP) is 4.94. The van der Waals surface area contributed by atoms with E-state index in [1.807, 2.05) is 12.1 Å². The lowest BCUT2D eigenvalue weighted by atomic mass is 10.2. The number of carbonyl (C=O) groups is 1. The number of fused-ring (bicyclic) bond motifs is 1. The molecule has 0 aliphatic rings. The summed E-state index contributed by atoms with van der Waals surface area (Å²) in [7, 11) is 0. The summed E-state index contributed by atoms with van der Waals surface area (Å²) in [5.41, 5.74) is 1.26. The van der Waals surface area contributed by atoms with Crippen LogP contribution >= 0.6 is 39.0 Å². The number of hydrogen-bond donors (Lipinski definition) is 0. The third kappa shape index (κ3) is 3.77. The fraction of sp³-hybridized carbons (Fsp3) is 0.0667. The van der Waals surface area contributed by atoms with E-state index in [2.05, 4.69) is 20.9 Å². The van der Waals surface area contributed by atoms with Crippen LogP contribution in [0.15, 0.2) is 51.3 Å². The van der Waals surface area contributed by atoms with E-state index in [1.54, 1.807) is 18.2 Å². The Balaban J connectivity index is 1.72. The molecule has 3 rings (SSSR count). The number of aromatic nitrogens is 1. The number of nitro groups is 1. The summed E-state index contributed by atoms with van der Waals surface area (Å²) in [5.74, 6) is 0.302. The number of non-ortho nitro benzene ring substituents is 1. The van der Waals surface area contributed by atoms with Crippen LogP contribution in [0.2, 0.25) is 0 Å². The second-order valence-corrected chi connectivity index (χ2v) is 7.78. The molecule has 0 aliphatic heterocycles. The number of carbonyl (C=O) groups excluding carboxylic acids is 1. The van der Waals surface area contributed by atoms with Crippen LogP contribution in [-0.2, 0) is 0 Å². The number of thiazole rings is 1. The van der Waals surface area contributed by atoms with Gasteiger partial charge in [0.2, 0.25) is 0 Å². The van der Waals surface area contributed by atoms with Gasteiger partial charge in [-0.25, -0.2) is 4.98 Å². The maximum atomic E-state index is 12.1. The number of nitro benzene ring substituents is 1. The van der Waals surface area contributed by atoms with Crippen molar-refractivity contribution in [2.45, 2.75) is 4.34 Å². The van der Waals surface area contributed by atoms with Crippen LogP contribution in [0.3, 0.4) is 0 Å². The Morgan fingerprint density at radius 3 is 2.70 bits per heavy atom. The fourth-order valence-electron chi connectivity index (χ4n) is 1.92. The summed E-state index contributed by atoms with van der Waals surface area (Å²) in [6.45, 7) is 0. The van der Waals surface area contributed by atoms with Crippen LogP contribution < -0.4 is 0 Å². The second-order valence-electron chi connectivity index (χ2n) is 4.61. The lowest BCUT2D eigenvalue weighted by Gasteiger charge is -1.99. The van der Waals surface area contributed by atoms with Crippen molar-refractivity contribution in [2.24, 2.45) is 0 Å². The Labute approximate surface area is 148 Å². The van der Waals surface area contributed by atoms with Crippen LogP contribution in [-0.4, -0.2) is 21.4 Å². The van der Waals surface area contributed by atoms with Gasteiger partial charge in [-0.2, -0.15) is 0 Å². The summed E-state index contributed by atoms with van der Waals surface area (Å²) in [6.07, 6.45) is 0. The molecule has 3 aromatic rings. The Morgan fingerprint density at radius 1 is 1.26 bits per heavy atom. The molecule has 0 bridgehead atoms. The molecule has 2 aromatic carbocycles. The SMILES string of the molecule is O=C(CSc1nc2cc([N+](=O)[O-])ccc2s1)c1ccc(Br)cc1. The molecule has 0 unspecified atom stereocenters. The van der Waals surface area contributed by atoms with Crippen molar-refractivity contribution in [3.05, 3.63) is 62.6 Å². The second kappa shape index (κ2) is 6.77. The summed E-state index contributed by atoms with van der Waals surface area (Å²) in [4.78, 5) is 26.8. The molecule has 1 aromatic heterocycles. The highest BCUT2D eigenvalue weighted by Gasteiger charge is 2.12. The summed E-state index contributed by atoms with van der Waals surface area (Å²) in [5, 5.41) is 10.8. The largest absolute Gasteiger partial charge is 0.293 e. The topological polar surface area (TPSA) is 73.1 Å². The number of halogens is 1. The maximum Gasteiger partial charge on any atom is 0.271 e. The van der Waals surface area contributed by atoms with Gasteiger partial charge in [0.1, 0.15) is 0 Å². The molecule has 8 heteroatoms. The van der Waals surface area contributed by atoms with Crippen LogP contribution in [0.4, 0.5) is 5.69 Å². The molecule has 0 fully saturated rings. The first-order valence-corrected chi connectivity index (χ1v) is 9.09. The Kier molecular flexibility index (Phi) is 4.74. The minimum atomic E-state index is -0.442. The molecule has 0 spiro atoms. The summed E-state index contributed by atoms with van der Waals surface area (Å²) in [6, 6.07) is 11.8. The smallest absolute Gasteiger partial charge is 0.271 e. The van der Waals surface area contributed by atoms with E-state index in [0.29, 0.717) is 11.1 Å². The molecular weight excluding hydrogens is 400 g/mol. The van der Waals surface area contributed by atoms with Gasteiger partial charge in [-0.15, -0.1) is 11.3 Å². The number of ketones is 1. The van der Waals surface area contributed by atoms with E-state index in [1.165, 1.54) is 35.2 Å². The van der Waals surface area contributed by atoms with Gasteiger partial charge in [-0.05, 0) is 18.2 Å². The van der Waals surface area contributed by atoms with Crippen molar-refractivity contribution >= 4 is 60.7 Å². The molecule has 5 nitrogen and oxygen atoms in total. The van der Waals surface area contributed by atoms with Gasteiger partial charge < -0.3 is 0 Å². The third-order valence-corrected chi connectivity index (χ3v) is 5.76. The molecule has 0 saturated carbocycles. The Morgan fingerprint density at radius 2 is 2.00 bits per heavy atom. The molecule has 116 valence electrons. The van der Waals surface area contributed by atoms with Crippen molar-refractivity contribution in [1.29, 1.82) is 0 Å². The van der Waals surface area contributed by atoms with Crippen LogP contribution in [0.5, 0.6) is 0 Å². The van der Waals surface area contributed by atoms with Crippen molar-refractivity contribution in [1.82, 2.24) is 4.98 Å². The van der Waals surface area contributed by atoms with Crippen molar-refractivity contribution in [2.75, 3.05) is 5.75 Å². The van der Waals surface area contributed by atoms with Crippen LogP contribution in [0.25, 0.3) is 10.2 Å². The van der Waals surface area contributed by atoms with Crippen molar-refractivity contribution in [3.8, 4) is 0 Å². The normalized spacial score (nSPS) is 10.8. The van der Waals surface area contributed by atoms with Crippen LogP contribution in [0.1, 0.15) is 10.4 Å². The van der Waals surface area contributed by atoms with Crippen molar-refractivity contribution < 1.29 is 9.72 Å². The van der Waals surface area contributed by atoms with Crippen LogP contribution in [0, 0.1) is 10.1 Å². The molecular formula is C15H9BrN2O3S2. The zero-order valence-electron chi connectivity index (χ0n) is 11.6. The van der Waals surface area contributed by atoms with Gasteiger partial charge in [0.05, 0.1) is 20.9 Å². The molecule has 0 N–H and O–H groups in total. The molecule has 0 amide bonds. The summed E-state index contributed by atoms with van der Waals surface area (Å²) >= 11 is 6.10. The highest BCUT2D eigenvalue weighted by Crippen LogP contribution is 2.31. The number of hydrogen-bond acceptors (Lipinski definition) is 6. The third-order valence-electron chi connectivity index (χ3n) is 3.06. The van der Waals surface area contributed by atoms with Gasteiger partial charge >= 0.3 is 0 Å². The average Bonchev–Trinajstić information content (AvgIpc) is 2.95. The highest BCUT2D eigenvalue weighted by molar-refractivity contribution is 9.10. The number of rotatable bonds is 5. The average molecular weight is 409 g/mol. The van der Waals surface area contributed by atoms with E-state index >= 15 is 0 Å². The molecule has 0 atom stereocenters. The zero-order chi connectivity index (χ0) is 16.4. The fourth-order valence-corrected chi connectivity index (χ4v) is 4.12. The minimum Gasteiger partial charge on any atom is -0.293 e. The number of Topliss-reactive ketones (excluding diaryl/α,β-unsaturated/α-hetero) is 1. The van der Waals surface area contributed by atoms with Gasteiger partial charge in [0.15, 0.2) is 10.1 Å². The highest BCUT2D eigenvalue weighted by atomic mass is 79.9.